The molecule has 0 bridgehead atoms. The first-order valence-electron chi connectivity index (χ1n) is 10.2. The minimum atomic E-state index is -1.01. The van der Waals surface area contributed by atoms with Crippen LogP contribution in [0.25, 0.3) is 0 Å². The topological polar surface area (TPSA) is 192 Å². The van der Waals surface area contributed by atoms with Gasteiger partial charge in [0.25, 0.3) is 11.8 Å². The SMILES string of the molecule is CCCOC(=O)OCOC(=O)C1=C(COC)CS[C@@H]2C(NC(=O)/C(=N\O)c3csc(N)n3)C(=O)N12. The Balaban J connectivity index is 1.68. The van der Waals surface area contributed by atoms with Gasteiger partial charge in [0.1, 0.15) is 22.8 Å². The number of methoxy groups -OCH3 is 1. The highest BCUT2D eigenvalue weighted by atomic mass is 32.2. The molecule has 2 atom stereocenters. The fourth-order valence-corrected chi connectivity index (χ4v) is 5.08. The van der Waals surface area contributed by atoms with E-state index in [1.807, 2.05) is 0 Å². The largest absolute Gasteiger partial charge is 0.511 e. The number of rotatable bonds is 10. The molecular formula is C19H23N5O9S2. The molecule has 3 rings (SSSR count). The van der Waals surface area contributed by atoms with Crippen LogP contribution in [0.2, 0.25) is 0 Å². The second kappa shape index (κ2) is 11.9. The Morgan fingerprint density at radius 1 is 1.34 bits per heavy atom. The van der Waals surface area contributed by atoms with Gasteiger partial charge in [0.15, 0.2) is 10.8 Å². The maximum atomic E-state index is 12.9. The maximum Gasteiger partial charge on any atom is 0.511 e. The van der Waals surface area contributed by atoms with Crippen LogP contribution in [0.1, 0.15) is 19.0 Å². The molecule has 0 radical (unpaired) electrons. The first-order valence-corrected chi connectivity index (χ1v) is 12.1. The van der Waals surface area contributed by atoms with E-state index in [9.17, 15) is 24.4 Å². The number of nitrogens with two attached hydrogens (primary N) is 1. The average Bonchev–Trinajstić information content (AvgIpc) is 3.27. The van der Waals surface area contributed by atoms with Gasteiger partial charge in [-0.3, -0.25) is 14.5 Å². The zero-order chi connectivity index (χ0) is 25.5. The number of carbonyl (C=O) groups is 4. The molecule has 0 spiro atoms. The summed E-state index contributed by atoms with van der Waals surface area (Å²) in [5, 5.41) is 15.7. The Morgan fingerprint density at radius 2 is 2.11 bits per heavy atom. The van der Waals surface area contributed by atoms with Crippen molar-refractivity contribution in [2.45, 2.75) is 24.8 Å². The molecule has 1 aromatic heterocycles. The zero-order valence-corrected chi connectivity index (χ0v) is 20.3. The Labute approximate surface area is 207 Å². The Kier molecular flexibility index (Phi) is 8.89. The molecule has 0 aromatic carbocycles. The van der Waals surface area contributed by atoms with Crippen LogP contribution < -0.4 is 11.1 Å². The summed E-state index contributed by atoms with van der Waals surface area (Å²) in [5.41, 5.74) is 5.63. The summed E-state index contributed by atoms with van der Waals surface area (Å²) in [4.78, 5) is 54.8. The minimum absolute atomic E-state index is 0.0523. The highest BCUT2D eigenvalue weighted by molar-refractivity contribution is 8.00. The van der Waals surface area contributed by atoms with Crippen LogP contribution in [0.15, 0.2) is 21.8 Å². The van der Waals surface area contributed by atoms with E-state index < -0.39 is 47.9 Å². The predicted molar refractivity (Wildman–Crippen MR) is 122 cm³/mol. The van der Waals surface area contributed by atoms with Crippen LogP contribution in [0.4, 0.5) is 9.93 Å². The van der Waals surface area contributed by atoms with Crippen molar-refractivity contribution in [1.29, 1.82) is 0 Å². The Morgan fingerprint density at radius 3 is 2.74 bits per heavy atom. The van der Waals surface area contributed by atoms with Gasteiger partial charge in [-0.2, -0.15) is 0 Å². The number of amides is 2. The van der Waals surface area contributed by atoms with E-state index in [0.29, 0.717) is 17.7 Å². The summed E-state index contributed by atoms with van der Waals surface area (Å²) in [6.45, 7) is 1.30. The molecule has 1 unspecified atom stereocenters. The third-order valence-corrected chi connectivity index (χ3v) is 6.73. The molecule has 0 saturated carbocycles. The summed E-state index contributed by atoms with van der Waals surface area (Å²) < 4.78 is 19.5. The summed E-state index contributed by atoms with van der Waals surface area (Å²) >= 11 is 2.35. The third kappa shape index (κ3) is 5.83. The minimum Gasteiger partial charge on any atom is -0.434 e. The number of nitrogens with zero attached hydrogens (tertiary/aromatic N) is 3. The number of carbonyl (C=O) groups excluding carboxylic acids is 4. The van der Waals surface area contributed by atoms with Crippen molar-refractivity contribution in [2.24, 2.45) is 5.16 Å². The van der Waals surface area contributed by atoms with Crippen molar-refractivity contribution >= 4 is 57.9 Å². The van der Waals surface area contributed by atoms with Gasteiger partial charge in [0.2, 0.25) is 6.79 Å². The van der Waals surface area contributed by atoms with Crippen molar-refractivity contribution in [2.75, 3.05) is 38.6 Å². The lowest BCUT2D eigenvalue weighted by molar-refractivity contribution is -0.157. The molecule has 4 N–H and O–H groups in total. The van der Waals surface area contributed by atoms with Crippen LogP contribution in [0, 0.1) is 0 Å². The van der Waals surface area contributed by atoms with E-state index in [0.717, 1.165) is 11.3 Å². The lowest BCUT2D eigenvalue weighted by Gasteiger charge is -2.49. The normalized spacial score (nSPS) is 19.5. The second-order valence-corrected chi connectivity index (χ2v) is 9.05. The monoisotopic (exact) mass is 529 g/mol. The molecule has 3 heterocycles. The molecule has 1 fully saturated rings. The quantitative estimate of drug-likeness (QED) is 0.0937. The number of aromatic nitrogens is 1. The first kappa shape index (κ1) is 26.2. The second-order valence-electron chi connectivity index (χ2n) is 7.06. The molecule has 2 amide bonds. The molecular weight excluding hydrogens is 506 g/mol. The number of β-lactam (4-membered cyclic amide) rings is 1. The third-order valence-electron chi connectivity index (χ3n) is 4.72. The van der Waals surface area contributed by atoms with Gasteiger partial charge in [-0.1, -0.05) is 12.1 Å². The lowest BCUT2D eigenvalue weighted by Crippen LogP contribution is -2.71. The molecule has 190 valence electrons. The number of esters is 1. The van der Waals surface area contributed by atoms with Gasteiger partial charge in [-0.15, -0.1) is 23.1 Å². The summed E-state index contributed by atoms with van der Waals surface area (Å²) in [5.74, 6) is -2.03. The number of ether oxygens (including phenoxy) is 4. The van der Waals surface area contributed by atoms with Crippen LogP contribution in [0.3, 0.4) is 0 Å². The number of thioether (sulfide) groups is 1. The van der Waals surface area contributed by atoms with Gasteiger partial charge in [0.05, 0.1) is 13.2 Å². The maximum absolute atomic E-state index is 12.9. The predicted octanol–water partition coefficient (Wildman–Crippen LogP) is 0.268. The van der Waals surface area contributed by atoms with Gasteiger partial charge in [0, 0.05) is 18.2 Å². The fraction of sp³-hybridized carbons (Fsp3) is 0.474. The standard InChI is InChI=1S/C19H23N5O9S2/c1-3-4-31-19(28)33-8-32-17(27)13-9(5-30-2)6-34-16-12(15(26)24(13)16)22-14(25)11(23-29)10-7-35-18(20)21-10/h7,12,16,29H,3-6,8H2,1-2H3,(H2,20,21)(H,22,25)/b23-11-/t12?,16-/m1/s1. The number of oxime groups is 1. The van der Waals surface area contributed by atoms with Crippen LogP contribution >= 0.6 is 23.1 Å². The number of nitrogens with one attached hydrogen (secondary N) is 1. The van der Waals surface area contributed by atoms with E-state index in [-0.39, 0.29) is 29.7 Å². The van der Waals surface area contributed by atoms with Crippen molar-refractivity contribution in [1.82, 2.24) is 15.2 Å². The number of anilines is 1. The molecule has 1 aromatic rings. The Hall–Kier alpha value is -3.37. The van der Waals surface area contributed by atoms with Gasteiger partial charge < -0.3 is 35.2 Å². The zero-order valence-electron chi connectivity index (χ0n) is 18.7. The average molecular weight is 530 g/mol. The summed E-state index contributed by atoms with van der Waals surface area (Å²) in [6.07, 6.45) is -0.395. The van der Waals surface area contributed by atoms with Gasteiger partial charge in [-0.25, -0.2) is 14.6 Å². The first-order chi connectivity index (χ1) is 16.8. The number of hydrogen-bond acceptors (Lipinski definition) is 14. The van der Waals surface area contributed by atoms with Crippen molar-refractivity contribution in [3.63, 3.8) is 0 Å². The smallest absolute Gasteiger partial charge is 0.434 e. The summed E-state index contributed by atoms with van der Waals surface area (Å²) in [7, 11) is 1.43. The van der Waals surface area contributed by atoms with E-state index in [4.69, 9.17) is 19.9 Å². The highest BCUT2D eigenvalue weighted by Crippen LogP contribution is 2.40. The van der Waals surface area contributed by atoms with E-state index in [2.05, 4.69) is 20.2 Å². The number of fused-ring (bicyclic) bond motifs is 1. The van der Waals surface area contributed by atoms with Gasteiger partial charge >= 0.3 is 12.1 Å². The fourth-order valence-electron chi connectivity index (χ4n) is 3.20. The molecule has 35 heavy (non-hydrogen) atoms. The van der Waals surface area contributed by atoms with Crippen molar-refractivity contribution in [3.8, 4) is 0 Å². The van der Waals surface area contributed by atoms with Crippen LogP contribution in [-0.2, 0) is 33.3 Å². The van der Waals surface area contributed by atoms with Crippen molar-refractivity contribution in [3.05, 3.63) is 22.3 Å². The van der Waals surface area contributed by atoms with E-state index in [1.165, 1.54) is 29.2 Å². The molecule has 1 saturated heterocycles. The number of nitrogen functional groups attached to an aromatic ring is 1. The van der Waals surface area contributed by atoms with Gasteiger partial charge in [-0.05, 0) is 12.0 Å². The van der Waals surface area contributed by atoms with E-state index >= 15 is 0 Å². The Bertz CT molecular complexity index is 1060. The van der Waals surface area contributed by atoms with Crippen molar-refractivity contribution < 1.29 is 43.3 Å². The highest BCUT2D eigenvalue weighted by Gasteiger charge is 2.54. The summed E-state index contributed by atoms with van der Waals surface area (Å²) in [6, 6.07) is -1.01. The number of thiazole rings is 1. The molecule has 2 aliphatic rings. The van der Waals surface area contributed by atoms with Crippen LogP contribution in [-0.4, -0.2) is 89.0 Å². The molecule has 0 aliphatic carbocycles. The number of hydrogen-bond donors (Lipinski definition) is 3. The molecule has 2 aliphatic heterocycles. The van der Waals surface area contributed by atoms with Crippen LogP contribution in [0.5, 0.6) is 0 Å². The lowest BCUT2D eigenvalue weighted by atomic mass is 10.0. The molecule has 14 nitrogen and oxygen atoms in total. The molecule has 16 heteroatoms. The van der Waals surface area contributed by atoms with E-state index in [1.54, 1.807) is 6.92 Å².